The van der Waals surface area contributed by atoms with E-state index < -0.39 is 0 Å². The molecule has 4 heteroatoms. The van der Waals surface area contributed by atoms with Gasteiger partial charge < -0.3 is 11.5 Å². The molecule has 3 rings (SSSR count). The van der Waals surface area contributed by atoms with Crippen molar-refractivity contribution in [2.75, 3.05) is 11.5 Å². The molecular formula is C16H14N4. The van der Waals surface area contributed by atoms with E-state index in [9.17, 15) is 0 Å². The zero-order valence-electron chi connectivity index (χ0n) is 10.8. The first-order valence-electron chi connectivity index (χ1n) is 6.28. The molecule has 0 atom stereocenters. The van der Waals surface area contributed by atoms with E-state index >= 15 is 0 Å². The Morgan fingerprint density at radius 2 is 1.45 bits per heavy atom. The Morgan fingerprint density at radius 1 is 0.700 bits per heavy atom. The lowest BCUT2D eigenvalue weighted by Crippen LogP contribution is -1.88. The van der Waals surface area contributed by atoms with Gasteiger partial charge in [0.15, 0.2) is 0 Å². The van der Waals surface area contributed by atoms with E-state index in [-0.39, 0.29) is 0 Å². The van der Waals surface area contributed by atoms with Gasteiger partial charge in [-0.3, -0.25) is 0 Å². The van der Waals surface area contributed by atoms with Crippen LogP contribution in [-0.4, -0.2) is 0 Å². The summed E-state index contributed by atoms with van der Waals surface area (Å²) in [6, 6.07) is 19.2. The third-order valence-corrected chi connectivity index (χ3v) is 3.09. The fourth-order valence-corrected chi connectivity index (χ4v) is 2.05. The second-order valence-electron chi connectivity index (χ2n) is 4.52. The molecule has 3 aromatic rings. The van der Waals surface area contributed by atoms with Gasteiger partial charge in [-0.25, -0.2) is 0 Å². The van der Waals surface area contributed by atoms with Crippen LogP contribution < -0.4 is 11.5 Å². The topological polar surface area (TPSA) is 76.8 Å². The number of azo groups is 1. The number of hydrogen-bond donors (Lipinski definition) is 2. The van der Waals surface area contributed by atoms with Crippen LogP contribution in [0.2, 0.25) is 0 Å². The Morgan fingerprint density at radius 3 is 2.35 bits per heavy atom. The first-order valence-corrected chi connectivity index (χ1v) is 6.28. The monoisotopic (exact) mass is 262 g/mol. The summed E-state index contributed by atoms with van der Waals surface area (Å²) in [5.41, 5.74) is 14.2. The zero-order chi connectivity index (χ0) is 13.9. The molecule has 0 bridgehead atoms. The maximum absolute atomic E-state index is 5.86. The molecule has 0 aromatic heterocycles. The van der Waals surface area contributed by atoms with Crippen molar-refractivity contribution < 1.29 is 0 Å². The van der Waals surface area contributed by atoms with Gasteiger partial charge in [-0.1, -0.05) is 36.4 Å². The number of fused-ring (bicyclic) bond motifs is 1. The number of rotatable bonds is 2. The summed E-state index contributed by atoms with van der Waals surface area (Å²) in [6.07, 6.45) is 0. The molecule has 20 heavy (non-hydrogen) atoms. The molecule has 0 saturated heterocycles. The van der Waals surface area contributed by atoms with Crippen LogP contribution in [0, 0.1) is 0 Å². The normalized spacial score (nSPS) is 11.2. The SMILES string of the molecule is Nc1ccc(N)c(N=Nc2cccc3ccccc23)c1. The van der Waals surface area contributed by atoms with Crippen LogP contribution in [0.5, 0.6) is 0 Å². The number of hydrogen-bond acceptors (Lipinski definition) is 4. The Hall–Kier alpha value is -2.88. The Bertz CT molecular complexity index is 788. The van der Waals surface area contributed by atoms with Gasteiger partial charge in [0.2, 0.25) is 0 Å². The van der Waals surface area contributed by atoms with Crippen molar-refractivity contribution in [2.45, 2.75) is 0 Å². The highest BCUT2D eigenvalue weighted by atomic mass is 15.1. The van der Waals surface area contributed by atoms with E-state index in [0.717, 1.165) is 16.5 Å². The number of nitrogens with two attached hydrogens (primary N) is 2. The third kappa shape index (κ3) is 2.31. The Kier molecular flexibility index (Phi) is 3.05. The van der Waals surface area contributed by atoms with Gasteiger partial charge in [0.05, 0.1) is 11.4 Å². The quantitative estimate of drug-likeness (QED) is 0.529. The van der Waals surface area contributed by atoms with Crippen molar-refractivity contribution in [2.24, 2.45) is 10.2 Å². The predicted molar refractivity (Wildman–Crippen MR) is 83.4 cm³/mol. The van der Waals surface area contributed by atoms with Crippen LogP contribution in [0.3, 0.4) is 0 Å². The van der Waals surface area contributed by atoms with Crippen molar-refractivity contribution in [3.8, 4) is 0 Å². The average Bonchev–Trinajstić information content (AvgIpc) is 2.48. The largest absolute Gasteiger partial charge is 0.399 e. The molecule has 0 heterocycles. The van der Waals surface area contributed by atoms with Gasteiger partial charge in [-0.2, -0.15) is 0 Å². The molecule has 4 nitrogen and oxygen atoms in total. The summed E-state index contributed by atoms with van der Waals surface area (Å²) in [5.74, 6) is 0. The van der Waals surface area contributed by atoms with Gasteiger partial charge in [-0.15, -0.1) is 10.2 Å². The molecular weight excluding hydrogens is 248 g/mol. The van der Waals surface area contributed by atoms with Crippen LogP contribution in [0.1, 0.15) is 0 Å². The minimum absolute atomic E-state index is 0.559. The van der Waals surface area contributed by atoms with Crippen molar-refractivity contribution in [3.63, 3.8) is 0 Å². The summed E-state index contributed by atoms with van der Waals surface area (Å²) in [7, 11) is 0. The summed E-state index contributed by atoms with van der Waals surface area (Å²) in [6.45, 7) is 0. The molecule has 0 unspecified atom stereocenters. The summed E-state index contributed by atoms with van der Waals surface area (Å²) in [5, 5.41) is 10.7. The highest BCUT2D eigenvalue weighted by Crippen LogP contribution is 2.30. The van der Waals surface area contributed by atoms with E-state index in [2.05, 4.69) is 10.2 Å². The van der Waals surface area contributed by atoms with Crippen LogP contribution in [0.15, 0.2) is 70.9 Å². The smallest absolute Gasteiger partial charge is 0.111 e. The van der Waals surface area contributed by atoms with Crippen LogP contribution in [-0.2, 0) is 0 Å². The van der Waals surface area contributed by atoms with E-state index in [1.54, 1.807) is 18.2 Å². The highest BCUT2D eigenvalue weighted by molar-refractivity contribution is 5.92. The lowest BCUT2D eigenvalue weighted by molar-refractivity contribution is 1.24. The minimum atomic E-state index is 0.559. The molecule has 0 aliphatic heterocycles. The molecule has 0 spiro atoms. The van der Waals surface area contributed by atoms with E-state index in [1.807, 2.05) is 42.5 Å². The van der Waals surface area contributed by atoms with Gasteiger partial charge in [0.25, 0.3) is 0 Å². The molecule has 0 aliphatic rings. The molecule has 3 aromatic carbocycles. The molecule has 0 aliphatic carbocycles. The van der Waals surface area contributed by atoms with Crippen molar-refractivity contribution in [1.82, 2.24) is 0 Å². The first kappa shape index (κ1) is 12.2. The predicted octanol–water partition coefficient (Wildman–Crippen LogP) is 4.42. The lowest BCUT2D eigenvalue weighted by Gasteiger charge is -2.02. The minimum Gasteiger partial charge on any atom is -0.399 e. The number of nitrogen functional groups attached to an aromatic ring is 2. The highest BCUT2D eigenvalue weighted by Gasteiger charge is 2.00. The molecule has 0 amide bonds. The number of benzene rings is 3. The Balaban J connectivity index is 2.05. The van der Waals surface area contributed by atoms with Crippen molar-refractivity contribution in [1.29, 1.82) is 0 Å². The van der Waals surface area contributed by atoms with Crippen molar-refractivity contribution in [3.05, 3.63) is 60.7 Å². The zero-order valence-corrected chi connectivity index (χ0v) is 10.8. The maximum atomic E-state index is 5.86. The lowest BCUT2D eigenvalue weighted by atomic mass is 10.1. The summed E-state index contributed by atoms with van der Waals surface area (Å²) >= 11 is 0. The number of anilines is 2. The van der Waals surface area contributed by atoms with Gasteiger partial charge in [0, 0.05) is 11.1 Å². The molecule has 4 N–H and O–H groups in total. The fourth-order valence-electron chi connectivity index (χ4n) is 2.05. The second kappa shape index (κ2) is 5.01. The van der Waals surface area contributed by atoms with E-state index in [4.69, 9.17) is 11.5 Å². The van der Waals surface area contributed by atoms with Gasteiger partial charge in [0.1, 0.15) is 5.69 Å². The molecule has 98 valence electrons. The summed E-state index contributed by atoms with van der Waals surface area (Å²) < 4.78 is 0. The summed E-state index contributed by atoms with van der Waals surface area (Å²) in [4.78, 5) is 0. The third-order valence-electron chi connectivity index (χ3n) is 3.09. The molecule has 0 saturated carbocycles. The van der Waals surface area contributed by atoms with Crippen LogP contribution in [0.25, 0.3) is 10.8 Å². The van der Waals surface area contributed by atoms with Crippen LogP contribution >= 0.6 is 0 Å². The fraction of sp³-hybridized carbons (Fsp3) is 0. The van der Waals surface area contributed by atoms with E-state index in [1.165, 1.54) is 0 Å². The second-order valence-corrected chi connectivity index (χ2v) is 4.52. The van der Waals surface area contributed by atoms with Crippen LogP contribution in [0.4, 0.5) is 22.7 Å². The van der Waals surface area contributed by atoms with E-state index in [0.29, 0.717) is 17.1 Å². The standard InChI is InChI=1S/C16H14N4/c17-12-8-9-14(18)16(10-12)20-19-15-7-3-5-11-4-1-2-6-13(11)15/h1-10H,17-18H2. The van der Waals surface area contributed by atoms with Gasteiger partial charge >= 0.3 is 0 Å². The Labute approximate surface area is 116 Å². The molecule has 0 radical (unpaired) electrons. The molecule has 0 fully saturated rings. The van der Waals surface area contributed by atoms with Gasteiger partial charge in [-0.05, 0) is 29.7 Å². The van der Waals surface area contributed by atoms with Crippen molar-refractivity contribution >= 4 is 33.5 Å². The first-order chi connectivity index (χ1) is 9.74. The average molecular weight is 262 g/mol. The maximum Gasteiger partial charge on any atom is 0.111 e. The number of nitrogens with zero attached hydrogens (tertiary/aromatic N) is 2.